The summed E-state index contributed by atoms with van der Waals surface area (Å²) in [5.41, 5.74) is 1.96. The first-order valence-corrected chi connectivity index (χ1v) is 7.25. The van der Waals surface area contributed by atoms with Crippen LogP contribution in [0.5, 0.6) is 0 Å². The Labute approximate surface area is 117 Å². The van der Waals surface area contributed by atoms with Crippen LogP contribution in [0.1, 0.15) is 18.7 Å². The summed E-state index contributed by atoms with van der Waals surface area (Å²) < 4.78 is 13.7. The third-order valence-electron chi connectivity index (χ3n) is 2.81. The van der Waals surface area contributed by atoms with Crippen molar-refractivity contribution in [3.63, 3.8) is 0 Å². The Hall–Kier alpha value is -1.45. The Morgan fingerprint density at radius 2 is 2.05 bits per heavy atom. The van der Waals surface area contributed by atoms with Crippen LogP contribution in [0.4, 0.5) is 4.39 Å². The number of halogens is 1. The molecule has 0 aliphatic heterocycles. The predicted molar refractivity (Wildman–Crippen MR) is 81.9 cm³/mol. The first kappa shape index (κ1) is 14.0. The van der Waals surface area contributed by atoms with Crippen molar-refractivity contribution >= 4 is 17.4 Å². The smallest absolute Gasteiger partial charge is 0.131 e. The van der Waals surface area contributed by atoms with Gasteiger partial charge in [0.2, 0.25) is 0 Å². The molecular weight excluding hydrogens is 257 g/mol. The first-order chi connectivity index (χ1) is 9.20. The lowest BCUT2D eigenvalue weighted by Crippen LogP contribution is -2.14. The van der Waals surface area contributed by atoms with E-state index in [1.807, 2.05) is 24.3 Å². The molecule has 0 amide bonds. The lowest BCUT2D eigenvalue weighted by Gasteiger charge is -2.00. The van der Waals surface area contributed by atoms with E-state index in [0.717, 1.165) is 22.8 Å². The topological polar surface area (TPSA) is 12.0 Å². The van der Waals surface area contributed by atoms with Crippen LogP contribution in [0, 0.1) is 5.82 Å². The number of likely N-dealkylation sites (N-methyl/N-ethyl adjacent to an activating group) is 1. The molecule has 0 bridgehead atoms. The molecule has 100 valence electrons. The second kappa shape index (κ2) is 6.64. The summed E-state index contributed by atoms with van der Waals surface area (Å²) in [6.45, 7) is 6.05. The van der Waals surface area contributed by atoms with Crippen LogP contribution in [0.15, 0.2) is 42.0 Å². The maximum Gasteiger partial charge on any atom is 0.131 e. The summed E-state index contributed by atoms with van der Waals surface area (Å²) in [6.07, 6.45) is 2.15. The molecule has 1 heterocycles. The molecule has 0 fully saturated rings. The lowest BCUT2D eigenvalue weighted by atomic mass is 10.2. The zero-order valence-corrected chi connectivity index (χ0v) is 12.1. The van der Waals surface area contributed by atoms with Crippen molar-refractivity contribution in [2.45, 2.75) is 13.8 Å². The van der Waals surface area contributed by atoms with E-state index in [-0.39, 0.29) is 5.82 Å². The number of hydrogen-bond acceptors (Lipinski definition) is 2. The minimum atomic E-state index is -0.163. The highest BCUT2D eigenvalue weighted by Gasteiger charge is 2.06. The third-order valence-corrected chi connectivity index (χ3v) is 3.87. The van der Waals surface area contributed by atoms with Gasteiger partial charge in [-0.25, -0.2) is 4.39 Å². The zero-order chi connectivity index (χ0) is 13.7. The quantitative estimate of drug-likeness (QED) is 0.843. The highest BCUT2D eigenvalue weighted by Crippen LogP contribution is 2.30. The van der Waals surface area contributed by atoms with Gasteiger partial charge >= 0.3 is 0 Å². The standard InChI is InChI=1S/C16H18FNS/c1-3-18-11-12(2)10-13-8-9-16(19-13)14-6-4-5-7-15(14)17/h4-10,18H,3,11H2,1-2H3. The maximum atomic E-state index is 13.7. The van der Waals surface area contributed by atoms with E-state index in [1.165, 1.54) is 11.6 Å². The van der Waals surface area contributed by atoms with Gasteiger partial charge in [0.1, 0.15) is 5.82 Å². The molecule has 1 nitrogen and oxygen atoms in total. The Kier molecular flexibility index (Phi) is 4.88. The number of benzene rings is 1. The van der Waals surface area contributed by atoms with Gasteiger partial charge in [0.15, 0.2) is 0 Å². The Balaban J connectivity index is 2.18. The summed E-state index contributed by atoms with van der Waals surface area (Å²) >= 11 is 1.62. The maximum absolute atomic E-state index is 13.7. The number of hydrogen-bond donors (Lipinski definition) is 1. The molecule has 2 aromatic rings. The van der Waals surface area contributed by atoms with Crippen LogP contribution < -0.4 is 5.32 Å². The molecule has 3 heteroatoms. The van der Waals surface area contributed by atoms with Gasteiger partial charge < -0.3 is 5.32 Å². The highest BCUT2D eigenvalue weighted by atomic mass is 32.1. The normalized spacial score (nSPS) is 11.8. The third kappa shape index (κ3) is 3.75. The molecule has 0 aliphatic rings. The molecule has 0 saturated carbocycles. The van der Waals surface area contributed by atoms with Crippen LogP contribution >= 0.6 is 11.3 Å². The van der Waals surface area contributed by atoms with Gasteiger partial charge in [0, 0.05) is 21.9 Å². The fourth-order valence-electron chi connectivity index (χ4n) is 1.85. The summed E-state index contributed by atoms with van der Waals surface area (Å²) in [7, 11) is 0. The Morgan fingerprint density at radius 1 is 1.26 bits per heavy atom. The summed E-state index contributed by atoms with van der Waals surface area (Å²) in [5, 5.41) is 3.29. The molecule has 0 saturated heterocycles. The average molecular weight is 275 g/mol. The van der Waals surface area contributed by atoms with Crippen LogP contribution in [0.25, 0.3) is 16.5 Å². The first-order valence-electron chi connectivity index (χ1n) is 6.43. The molecule has 0 atom stereocenters. The Bertz CT molecular complexity index is 572. The van der Waals surface area contributed by atoms with Gasteiger partial charge in [-0.1, -0.05) is 30.7 Å². The van der Waals surface area contributed by atoms with Crippen molar-refractivity contribution in [2.75, 3.05) is 13.1 Å². The van der Waals surface area contributed by atoms with Crippen LogP contribution in [0.3, 0.4) is 0 Å². The molecular formula is C16H18FNS. The van der Waals surface area contributed by atoms with Gasteiger partial charge in [-0.15, -0.1) is 11.3 Å². The van der Waals surface area contributed by atoms with Crippen molar-refractivity contribution in [1.29, 1.82) is 0 Å². The van der Waals surface area contributed by atoms with Crippen LogP contribution in [0.2, 0.25) is 0 Å². The van der Waals surface area contributed by atoms with Crippen molar-refractivity contribution < 1.29 is 4.39 Å². The second-order valence-electron chi connectivity index (χ2n) is 4.45. The second-order valence-corrected chi connectivity index (χ2v) is 5.57. The summed E-state index contributed by atoms with van der Waals surface area (Å²) in [6, 6.07) is 10.9. The number of nitrogens with one attached hydrogen (secondary N) is 1. The van der Waals surface area contributed by atoms with E-state index in [0.29, 0.717) is 5.56 Å². The lowest BCUT2D eigenvalue weighted by molar-refractivity contribution is 0.631. The van der Waals surface area contributed by atoms with Crippen LogP contribution in [-0.2, 0) is 0 Å². The highest BCUT2D eigenvalue weighted by molar-refractivity contribution is 7.16. The fraction of sp³-hybridized carbons (Fsp3) is 0.250. The number of thiophene rings is 1. The monoisotopic (exact) mass is 275 g/mol. The molecule has 0 unspecified atom stereocenters. The molecule has 0 aliphatic carbocycles. The average Bonchev–Trinajstić information content (AvgIpc) is 2.85. The van der Waals surface area contributed by atoms with Crippen molar-refractivity contribution in [3.05, 3.63) is 52.7 Å². The van der Waals surface area contributed by atoms with E-state index in [1.54, 1.807) is 17.4 Å². The molecule has 0 radical (unpaired) electrons. The van der Waals surface area contributed by atoms with Crippen molar-refractivity contribution in [1.82, 2.24) is 5.32 Å². The molecule has 1 N–H and O–H groups in total. The van der Waals surface area contributed by atoms with E-state index in [2.05, 4.69) is 25.2 Å². The van der Waals surface area contributed by atoms with Gasteiger partial charge in [-0.05, 0) is 37.7 Å². The summed E-state index contributed by atoms with van der Waals surface area (Å²) in [5.74, 6) is -0.163. The largest absolute Gasteiger partial charge is 0.313 e. The van der Waals surface area contributed by atoms with E-state index in [9.17, 15) is 4.39 Å². The Morgan fingerprint density at radius 3 is 2.79 bits per heavy atom. The fourth-order valence-corrected chi connectivity index (χ4v) is 2.91. The van der Waals surface area contributed by atoms with Crippen molar-refractivity contribution in [3.8, 4) is 10.4 Å². The molecule has 19 heavy (non-hydrogen) atoms. The van der Waals surface area contributed by atoms with E-state index in [4.69, 9.17) is 0 Å². The SMILES string of the molecule is CCNCC(C)=Cc1ccc(-c2ccccc2F)s1. The van der Waals surface area contributed by atoms with Crippen LogP contribution in [-0.4, -0.2) is 13.1 Å². The van der Waals surface area contributed by atoms with Gasteiger partial charge in [-0.2, -0.15) is 0 Å². The van der Waals surface area contributed by atoms with Gasteiger partial charge in [-0.3, -0.25) is 0 Å². The van der Waals surface area contributed by atoms with E-state index < -0.39 is 0 Å². The van der Waals surface area contributed by atoms with Crippen molar-refractivity contribution in [2.24, 2.45) is 0 Å². The molecule has 2 rings (SSSR count). The molecule has 1 aromatic carbocycles. The minimum Gasteiger partial charge on any atom is -0.313 e. The van der Waals surface area contributed by atoms with Gasteiger partial charge in [0.05, 0.1) is 0 Å². The minimum absolute atomic E-state index is 0.163. The molecule has 1 aromatic heterocycles. The van der Waals surface area contributed by atoms with E-state index >= 15 is 0 Å². The van der Waals surface area contributed by atoms with Gasteiger partial charge in [0.25, 0.3) is 0 Å². The molecule has 0 spiro atoms. The summed E-state index contributed by atoms with van der Waals surface area (Å²) in [4.78, 5) is 2.13. The predicted octanol–water partition coefficient (Wildman–Crippen LogP) is 4.57. The number of rotatable bonds is 5. The zero-order valence-electron chi connectivity index (χ0n) is 11.2.